The lowest BCUT2D eigenvalue weighted by atomic mass is 9.68. The number of carbonyl (C=O) groups excluding carboxylic acids is 1. The van der Waals surface area contributed by atoms with Gasteiger partial charge >= 0.3 is 0 Å². The molecular formula is C35H33FN4O2. The van der Waals surface area contributed by atoms with E-state index in [2.05, 4.69) is 40.5 Å². The van der Waals surface area contributed by atoms with E-state index < -0.39 is 0 Å². The number of benzene rings is 3. The van der Waals surface area contributed by atoms with Crippen molar-refractivity contribution in [3.8, 4) is 11.4 Å². The number of aromatic hydroxyl groups is 1. The van der Waals surface area contributed by atoms with Crippen LogP contribution in [0.15, 0.2) is 90.8 Å². The average Bonchev–Trinajstić information content (AvgIpc) is 3.67. The first-order chi connectivity index (χ1) is 20.4. The molecule has 0 spiro atoms. The number of hydrogen-bond acceptors (Lipinski definition) is 3. The van der Waals surface area contributed by atoms with E-state index in [1.54, 1.807) is 24.3 Å². The summed E-state index contributed by atoms with van der Waals surface area (Å²) in [6, 6.07) is 21.7. The van der Waals surface area contributed by atoms with Crippen molar-refractivity contribution in [1.82, 2.24) is 20.1 Å². The molecule has 6 nitrogen and oxygen atoms in total. The van der Waals surface area contributed by atoms with Crippen molar-refractivity contribution in [1.29, 1.82) is 0 Å². The van der Waals surface area contributed by atoms with Crippen LogP contribution in [-0.4, -0.2) is 25.8 Å². The number of halogens is 1. The van der Waals surface area contributed by atoms with Crippen LogP contribution >= 0.6 is 0 Å². The van der Waals surface area contributed by atoms with Crippen LogP contribution in [0.4, 0.5) is 4.39 Å². The molecule has 3 N–H and O–H groups in total. The van der Waals surface area contributed by atoms with Crippen LogP contribution in [0, 0.1) is 17.2 Å². The summed E-state index contributed by atoms with van der Waals surface area (Å²) in [6.45, 7) is 2.36. The number of aromatic amines is 1. The number of phenolic OH excluding ortho intramolecular Hbond substituents is 1. The van der Waals surface area contributed by atoms with Gasteiger partial charge in [0.15, 0.2) is 0 Å². The second kappa shape index (κ2) is 10.3. The van der Waals surface area contributed by atoms with E-state index in [0.717, 1.165) is 59.1 Å². The van der Waals surface area contributed by atoms with Crippen LogP contribution in [0.5, 0.6) is 5.75 Å². The number of allylic oxidation sites excluding steroid dienone is 1. The zero-order valence-corrected chi connectivity index (χ0v) is 23.5. The van der Waals surface area contributed by atoms with Crippen molar-refractivity contribution < 1.29 is 14.3 Å². The first-order valence-electron chi connectivity index (χ1n) is 14.5. The predicted molar refractivity (Wildman–Crippen MR) is 162 cm³/mol. The molecule has 3 aromatic carbocycles. The number of nitrogens with one attached hydrogen (secondary N) is 2. The summed E-state index contributed by atoms with van der Waals surface area (Å²) in [5, 5.41) is 18.9. The van der Waals surface area contributed by atoms with E-state index in [0.29, 0.717) is 5.92 Å². The molecule has 2 aliphatic rings. The Labute approximate surface area is 243 Å². The Bertz CT molecular complexity index is 1800. The first-order valence-corrected chi connectivity index (χ1v) is 14.5. The summed E-state index contributed by atoms with van der Waals surface area (Å²) in [5.41, 5.74) is 7.37. The number of H-pyrrole nitrogens is 1. The minimum absolute atomic E-state index is 0.0320. The first kappa shape index (κ1) is 26.3. The van der Waals surface area contributed by atoms with Gasteiger partial charge < -0.3 is 15.4 Å². The maximum atomic E-state index is 13.5. The lowest BCUT2D eigenvalue weighted by Crippen LogP contribution is -2.35. The highest BCUT2D eigenvalue weighted by molar-refractivity contribution is 5.89. The topological polar surface area (TPSA) is 82.9 Å². The van der Waals surface area contributed by atoms with Crippen molar-refractivity contribution in [2.24, 2.45) is 11.3 Å². The van der Waals surface area contributed by atoms with Crippen molar-refractivity contribution in [3.05, 3.63) is 119 Å². The highest BCUT2D eigenvalue weighted by Gasteiger charge is 2.46. The van der Waals surface area contributed by atoms with Gasteiger partial charge in [0, 0.05) is 17.1 Å². The number of aromatic nitrogens is 3. The monoisotopic (exact) mass is 560 g/mol. The Kier molecular flexibility index (Phi) is 6.45. The second-order valence-electron chi connectivity index (χ2n) is 11.9. The molecule has 7 heteroatoms. The van der Waals surface area contributed by atoms with Gasteiger partial charge in [0.25, 0.3) is 0 Å². The predicted octanol–water partition coefficient (Wildman–Crippen LogP) is 7.04. The molecule has 7 rings (SSSR count). The van der Waals surface area contributed by atoms with Crippen molar-refractivity contribution in [3.63, 3.8) is 0 Å². The Morgan fingerprint density at radius 1 is 1.17 bits per heavy atom. The van der Waals surface area contributed by atoms with Crippen LogP contribution in [0.2, 0.25) is 0 Å². The van der Waals surface area contributed by atoms with Crippen LogP contribution in [-0.2, 0) is 17.6 Å². The maximum absolute atomic E-state index is 13.5. The highest BCUT2D eigenvalue weighted by Crippen LogP contribution is 2.55. The highest BCUT2D eigenvalue weighted by atomic mass is 19.1. The Morgan fingerprint density at radius 3 is 2.79 bits per heavy atom. The van der Waals surface area contributed by atoms with Gasteiger partial charge in [-0.15, -0.1) is 0 Å². The van der Waals surface area contributed by atoms with Crippen molar-refractivity contribution >= 4 is 22.9 Å². The zero-order valence-electron chi connectivity index (χ0n) is 23.5. The molecule has 212 valence electrons. The molecule has 2 aliphatic carbocycles. The number of fused-ring (bicyclic) bond motifs is 3. The summed E-state index contributed by atoms with van der Waals surface area (Å²) in [4.78, 5) is 16.7. The fourth-order valence-electron chi connectivity index (χ4n) is 7.08. The largest absolute Gasteiger partial charge is 0.508 e. The number of phenols is 1. The molecule has 2 aromatic heterocycles. The van der Waals surface area contributed by atoms with Crippen molar-refractivity contribution in [2.75, 3.05) is 0 Å². The number of amides is 1. The standard InChI is InChI=1S/C35H33FN4O2/c1-35-19-24-21-38-40(28-11-9-27(36)10-12-28)33(24)17-26(35)8-7-25(35)16-32(22-5-3-2-4-6-22)39-34(42)15-23-20-37-31-14-13-29(41)18-30(23)31/h2-6,9-14,17-18,20-21,25,32,37,41H,7-8,15-16,19H2,1H3,(H,39,42). The Morgan fingerprint density at radius 2 is 1.98 bits per heavy atom. The van der Waals surface area contributed by atoms with Gasteiger partial charge in [-0.25, -0.2) is 9.07 Å². The third-order valence-corrected chi connectivity index (χ3v) is 9.38. The summed E-state index contributed by atoms with van der Waals surface area (Å²) in [6.07, 6.45) is 10.1. The smallest absolute Gasteiger partial charge is 0.224 e. The van der Waals surface area contributed by atoms with Crippen LogP contribution < -0.4 is 5.32 Å². The molecule has 5 aromatic rings. The third-order valence-electron chi connectivity index (χ3n) is 9.38. The third kappa shape index (κ3) is 4.69. The van der Waals surface area contributed by atoms with E-state index in [9.17, 15) is 14.3 Å². The number of carbonyl (C=O) groups is 1. The lowest BCUT2D eigenvalue weighted by Gasteiger charge is -2.37. The molecule has 0 saturated heterocycles. The molecule has 42 heavy (non-hydrogen) atoms. The van der Waals surface area contributed by atoms with Crippen LogP contribution in [0.3, 0.4) is 0 Å². The molecule has 0 radical (unpaired) electrons. The second-order valence-corrected chi connectivity index (χ2v) is 11.9. The SMILES string of the molecule is CC12Cc3cnn(-c4ccc(F)cc4)c3C=C1CCC2CC(NC(=O)Cc1c[nH]c2ccc(O)cc12)c1ccccc1. The zero-order chi connectivity index (χ0) is 28.8. The molecule has 2 heterocycles. The van der Waals surface area contributed by atoms with E-state index in [1.807, 2.05) is 41.3 Å². The van der Waals surface area contributed by atoms with E-state index in [1.165, 1.54) is 23.3 Å². The Balaban J connectivity index is 1.13. The summed E-state index contributed by atoms with van der Waals surface area (Å²) in [5.74, 6) is 0.258. The number of hydrogen-bond donors (Lipinski definition) is 3. The fraction of sp³-hybridized carbons (Fsp3) is 0.257. The van der Waals surface area contributed by atoms with E-state index >= 15 is 0 Å². The molecule has 3 atom stereocenters. The summed E-state index contributed by atoms with van der Waals surface area (Å²) >= 11 is 0. The minimum atomic E-state index is -0.259. The quantitative estimate of drug-likeness (QED) is 0.200. The maximum Gasteiger partial charge on any atom is 0.224 e. The number of rotatable bonds is 7. The summed E-state index contributed by atoms with van der Waals surface area (Å²) < 4.78 is 15.4. The van der Waals surface area contributed by atoms with Gasteiger partial charge in [-0.1, -0.05) is 42.8 Å². The normalized spacial score (nSPS) is 20.1. The van der Waals surface area contributed by atoms with Crippen LogP contribution in [0.25, 0.3) is 22.7 Å². The Hall–Kier alpha value is -4.65. The number of nitrogens with zero attached hydrogens (tertiary/aromatic N) is 2. The molecule has 0 bridgehead atoms. The van der Waals surface area contributed by atoms with E-state index in [4.69, 9.17) is 0 Å². The molecule has 1 amide bonds. The minimum Gasteiger partial charge on any atom is -0.508 e. The molecule has 1 saturated carbocycles. The van der Waals surface area contributed by atoms with Gasteiger partial charge in [-0.3, -0.25) is 4.79 Å². The fourth-order valence-corrected chi connectivity index (χ4v) is 7.08. The molecule has 3 unspecified atom stereocenters. The van der Waals surface area contributed by atoms with Gasteiger partial charge in [0.05, 0.1) is 30.0 Å². The molecule has 1 fully saturated rings. The van der Waals surface area contributed by atoms with Gasteiger partial charge in [0.1, 0.15) is 11.6 Å². The van der Waals surface area contributed by atoms with Gasteiger partial charge in [-0.2, -0.15) is 5.10 Å². The van der Waals surface area contributed by atoms with E-state index in [-0.39, 0.29) is 35.4 Å². The van der Waals surface area contributed by atoms with Crippen molar-refractivity contribution in [2.45, 2.75) is 45.1 Å². The molecular weight excluding hydrogens is 527 g/mol. The summed E-state index contributed by atoms with van der Waals surface area (Å²) in [7, 11) is 0. The average molecular weight is 561 g/mol. The lowest BCUT2D eigenvalue weighted by molar-refractivity contribution is -0.121. The molecule has 0 aliphatic heterocycles. The van der Waals surface area contributed by atoms with Gasteiger partial charge in [-0.05, 0) is 102 Å². The van der Waals surface area contributed by atoms with Crippen LogP contribution in [0.1, 0.15) is 54.6 Å². The van der Waals surface area contributed by atoms with Gasteiger partial charge in [0.2, 0.25) is 5.91 Å².